The number of hydrogen-bond acceptors (Lipinski definition) is 4. The average Bonchev–Trinajstić information content (AvgIpc) is 3.10. The highest BCUT2D eigenvalue weighted by molar-refractivity contribution is 5.17. The summed E-state index contributed by atoms with van der Waals surface area (Å²) in [6, 6.07) is 6.96. The van der Waals surface area contributed by atoms with Crippen molar-refractivity contribution in [2.24, 2.45) is 0 Å². The van der Waals surface area contributed by atoms with E-state index in [2.05, 4.69) is 28.7 Å². The van der Waals surface area contributed by atoms with Crippen LogP contribution in [0.15, 0.2) is 36.7 Å². The van der Waals surface area contributed by atoms with Gasteiger partial charge in [-0.1, -0.05) is 32.0 Å². The van der Waals surface area contributed by atoms with Gasteiger partial charge in [-0.3, -0.25) is 4.90 Å². The first-order chi connectivity index (χ1) is 12.1. The van der Waals surface area contributed by atoms with Crippen LogP contribution in [0.1, 0.15) is 49.6 Å². The zero-order valence-electron chi connectivity index (χ0n) is 15.0. The van der Waals surface area contributed by atoms with Gasteiger partial charge in [0.1, 0.15) is 11.6 Å². The van der Waals surface area contributed by atoms with Crippen molar-refractivity contribution in [1.82, 2.24) is 14.9 Å². The molecule has 1 saturated heterocycles. The van der Waals surface area contributed by atoms with Crippen LogP contribution < -0.4 is 0 Å². The molecule has 0 amide bonds. The number of halogens is 1. The van der Waals surface area contributed by atoms with Crippen molar-refractivity contribution in [3.8, 4) is 0 Å². The summed E-state index contributed by atoms with van der Waals surface area (Å²) in [6.07, 6.45) is 6.15. The summed E-state index contributed by atoms with van der Waals surface area (Å²) in [6.45, 7) is 7.02. The van der Waals surface area contributed by atoms with Crippen molar-refractivity contribution in [1.29, 1.82) is 0 Å². The molecular formula is C20H26FN3O. The topological polar surface area (TPSA) is 38.2 Å². The minimum atomic E-state index is -0.161. The highest BCUT2D eigenvalue weighted by Crippen LogP contribution is 2.18. The zero-order chi connectivity index (χ0) is 17.6. The average molecular weight is 343 g/mol. The Morgan fingerprint density at radius 2 is 1.96 bits per heavy atom. The Morgan fingerprint density at radius 3 is 2.60 bits per heavy atom. The molecule has 0 aliphatic carbocycles. The Labute approximate surface area is 149 Å². The van der Waals surface area contributed by atoms with E-state index in [1.54, 1.807) is 6.07 Å². The molecule has 1 atom stereocenters. The number of rotatable bonds is 7. The van der Waals surface area contributed by atoms with Gasteiger partial charge in [0.15, 0.2) is 0 Å². The fourth-order valence-corrected chi connectivity index (χ4v) is 3.13. The molecule has 0 radical (unpaired) electrons. The van der Waals surface area contributed by atoms with Gasteiger partial charge in [0.05, 0.1) is 6.10 Å². The van der Waals surface area contributed by atoms with Crippen LogP contribution in [-0.2, 0) is 17.8 Å². The van der Waals surface area contributed by atoms with Crippen LogP contribution in [0.4, 0.5) is 4.39 Å². The molecule has 0 saturated carbocycles. The summed E-state index contributed by atoms with van der Waals surface area (Å²) in [7, 11) is 0. The molecule has 1 aliphatic rings. The maximum Gasteiger partial charge on any atom is 0.130 e. The van der Waals surface area contributed by atoms with E-state index in [1.807, 2.05) is 24.5 Å². The van der Waals surface area contributed by atoms with Crippen LogP contribution in [0, 0.1) is 5.82 Å². The molecular weight excluding hydrogens is 317 g/mol. The third-order valence-electron chi connectivity index (χ3n) is 4.49. The number of nitrogens with zero attached hydrogens (tertiary/aromatic N) is 3. The van der Waals surface area contributed by atoms with Gasteiger partial charge < -0.3 is 4.74 Å². The van der Waals surface area contributed by atoms with Gasteiger partial charge in [0.2, 0.25) is 0 Å². The second-order valence-corrected chi connectivity index (χ2v) is 7.00. The lowest BCUT2D eigenvalue weighted by Gasteiger charge is -2.25. The smallest absolute Gasteiger partial charge is 0.130 e. The van der Waals surface area contributed by atoms with Gasteiger partial charge in [0.25, 0.3) is 0 Å². The Hall–Kier alpha value is -1.85. The first-order valence-corrected chi connectivity index (χ1v) is 9.00. The van der Waals surface area contributed by atoms with Crippen molar-refractivity contribution < 1.29 is 9.13 Å². The zero-order valence-corrected chi connectivity index (χ0v) is 15.0. The normalized spacial score (nSPS) is 17.6. The summed E-state index contributed by atoms with van der Waals surface area (Å²) in [4.78, 5) is 11.1. The summed E-state index contributed by atoms with van der Waals surface area (Å²) >= 11 is 0. The van der Waals surface area contributed by atoms with E-state index in [1.165, 1.54) is 6.07 Å². The standard InChI is InChI=1S/C20H26FN3O/c1-15(2)20-22-10-16(11-23-20)12-24(14-18-7-5-9-25-18)13-17-6-3-4-8-19(17)21/h3-4,6,8,10-11,15,18H,5,7,9,12-14H2,1-2H3/t18-/m1/s1. The van der Waals surface area contributed by atoms with Gasteiger partial charge in [0, 0.05) is 55.7 Å². The number of benzene rings is 1. The molecule has 1 aromatic heterocycles. The van der Waals surface area contributed by atoms with E-state index < -0.39 is 0 Å². The molecule has 2 heterocycles. The van der Waals surface area contributed by atoms with Gasteiger partial charge >= 0.3 is 0 Å². The molecule has 25 heavy (non-hydrogen) atoms. The van der Waals surface area contributed by atoms with E-state index in [0.717, 1.165) is 37.4 Å². The predicted octanol–water partition coefficient (Wildman–Crippen LogP) is 3.92. The SMILES string of the molecule is CC(C)c1ncc(CN(Cc2ccccc2F)C[C@H]2CCCO2)cn1. The molecule has 0 N–H and O–H groups in total. The van der Waals surface area contributed by atoms with E-state index in [0.29, 0.717) is 24.6 Å². The summed E-state index contributed by atoms with van der Waals surface area (Å²) < 4.78 is 19.8. The maximum atomic E-state index is 14.1. The molecule has 0 spiro atoms. The third-order valence-corrected chi connectivity index (χ3v) is 4.49. The Morgan fingerprint density at radius 1 is 1.20 bits per heavy atom. The molecule has 4 nitrogen and oxygen atoms in total. The first-order valence-electron chi connectivity index (χ1n) is 9.00. The number of aromatic nitrogens is 2. The third kappa shape index (κ3) is 5.06. The summed E-state index contributed by atoms with van der Waals surface area (Å²) in [5, 5.41) is 0. The molecule has 3 rings (SSSR count). The minimum Gasteiger partial charge on any atom is -0.377 e. The molecule has 1 aromatic carbocycles. The van der Waals surface area contributed by atoms with E-state index in [-0.39, 0.29) is 11.9 Å². The van der Waals surface area contributed by atoms with Crippen molar-refractivity contribution >= 4 is 0 Å². The van der Waals surface area contributed by atoms with E-state index in [9.17, 15) is 4.39 Å². The van der Waals surface area contributed by atoms with Crippen molar-refractivity contribution in [3.63, 3.8) is 0 Å². The molecule has 1 fully saturated rings. The fourth-order valence-electron chi connectivity index (χ4n) is 3.13. The monoisotopic (exact) mass is 343 g/mol. The van der Waals surface area contributed by atoms with Gasteiger partial charge in [-0.25, -0.2) is 14.4 Å². The largest absolute Gasteiger partial charge is 0.377 e. The fraction of sp³-hybridized carbons (Fsp3) is 0.500. The van der Waals surface area contributed by atoms with Gasteiger partial charge in [-0.2, -0.15) is 0 Å². The van der Waals surface area contributed by atoms with Crippen LogP contribution in [0.2, 0.25) is 0 Å². The second-order valence-electron chi connectivity index (χ2n) is 7.00. The molecule has 2 aromatic rings. The van der Waals surface area contributed by atoms with E-state index >= 15 is 0 Å². The number of ether oxygens (including phenoxy) is 1. The lowest BCUT2D eigenvalue weighted by Crippen LogP contribution is -2.32. The van der Waals surface area contributed by atoms with Crippen molar-refractivity contribution in [2.75, 3.05) is 13.2 Å². The highest BCUT2D eigenvalue weighted by atomic mass is 19.1. The summed E-state index contributed by atoms with van der Waals surface area (Å²) in [5.41, 5.74) is 1.75. The van der Waals surface area contributed by atoms with Crippen LogP contribution >= 0.6 is 0 Å². The maximum absolute atomic E-state index is 14.1. The molecule has 1 aliphatic heterocycles. The lowest BCUT2D eigenvalue weighted by atomic mass is 10.1. The number of hydrogen-bond donors (Lipinski definition) is 0. The van der Waals surface area contributed by atoms with Crippen LogP contribution in [0.5, 0.6) is 0 Å². The van der Waals surface area contributed by atoms with Crippen molar-refractivity contribution in [3.05, 3.63) is 59.4 Å². The molecule has 134 valence electrons. The lowest BCUT2D eigenvalue weighted by molar-refractivity contribution is 0.0674. The molecule has 5 heteroatoms. The van der Waals surface area contributed by atoms with Gasteiger partial charge in [-0.05, 0) is 18.9 Å². The molecule has 0 unspecified atom stereocenters. The minimum absolute atomic E-state index is 0.161. The van der Waals surface area contributed by atoms with Crippen LogP contribution in [0.25, 0.3) is 0 Å². The van der Waals surface area contributed by atoms with Gasteiger partial charge in [-0.15, -0.1) is 0 Å². The van der Waals surface area contributed by atoms with Crippen molar-refractivity contribution in [2.45, 2.75) is 51.8 Å². The quantitative estimate of drug-likeness (QED) is 0.764. The van der Waals surface area contributed by atoms with E-state index in [4.69, 9.17) is 4.74 Å². The second kappa shape index (κ2) is 8.50. The highest BCUT2D eigenvalue weighted by Gasteiger charge is 2.20. The van der Waals surface area contributed by atoms with Crippen LogP contribution in [0.3, 0.4) is 0 Å². The Bertz CT molecular complexity index is 669. The van der Waals surface area contributed by atoms with Crippen LogP contribution in [-0.4, -0.2) is 34.1 Å². The Kier molecular flexibility index (Phi) is 6.10. The predicted molar refractivity (Wildman–Crippen MR) is 95.6 cm³/mol. The summed E-state index contributed by atoms with van der Waals surface area (Å²) in [5.74, 6) is 1.00. The molecule has 0 bridgehead atoms. The first kappa shape index (κ1) is 18.0. The Balaban J connectivity index is 1.72.